The van der Waals surface area contributed by atoms with E-state index in [0.717, 1.165) is 15.3 Å². The molecule has 2 N–H and O–H groups in total. The highest BCUT2D eigenvalue weighted by Crippen LogP contribution is 2.18. The fourth-order valence-corrected chi connectivity index (χ4v) is 3.53. The SMILES string of the molecule is Cn1nc(C(=O)NNC(=O)CCCSc2ccccc2)c2ccccc2c1=O. The fraction of sp³-hybridized carbons (Fsp3) is 0.200. The first-order chi connectivity index (χ1) is 13.6. The summed E-state index contributed by atoms with van der Waals surface area (Å²) < 4.78 is 1.11. The number of amides is 2. The lowest BCUT2D eigenvalue weighted by molar-refractivity contribution is -0.121. The number of carbonyl (C=O) groups is 2. The number of nitrogens with one attached hydrogen (secondary N) is 2. The number of thioether (sulfide) groups is 1. The van der Waals surface area contributed by atoms with Crippen molar-refractivity contribution in [2.24, 2.45) is 7.05 Å². The summed E-state index contributed by atoms with van der Waals surface area (Å²) in [5, 5.41) is 4.86. The average Bonchev–Trinajstić information content (AvgIpc) is 2.73. The molecule has 0 saturated carbocycles. The predicted octanol–water partition coefficient (Wildman–Crippen LogP) is 2.27. The van der Waals surface area contributed by atoms with Crippen molar-refractivity contribution in [3.63, 3.8) is 0 Å². The summed E-state index contributed by atoms with van der Waals surface area (Å²) in [5.74, 6) is -0.0480. The number of carbonyl (C=O) groups excluding carboxylic acids is 2. The second-order valence-corrected chi connectivity index (χ2v) is 7.26. The molecule has 0 aliphatic carbocycles. The topological polar surface area (TPSA) is 93.1 Å². The van der Waals surface area contributed by atoms with Gasteiger partial charge in [0.1, 0.15) is 0 Å². The molecule has 2 aromatic carbocycles. The molecule has 1 aromatic heterocycles. The summed E-state index contributed by atoms with van der Waals surface area (Å²) in [6.45, 7) is 0. The van der Waals surface area contributed by atoms with Crippen LogP contribution in [0.1, 0.15) is 23.3 Å². The molecule has 144 valence electrons. The van der Waals surface area contributed by atoms with Gasteiger partial charge in [0.2, 0.25) is 5.91 Å². The Labute approximate surface area is 166 Å². The summed E-state index contributed by atoms with van der Waals surface area (Å²) >= 11 is 1.68. The molecule has 0 atom stereocenters. The maximum Gasteiger partial charge on any atom is 0.290 e. The summed E-state index contributed by atoms with van der Waals surface area (Å²) in [6, 6.07) is 16.7. The van der Waals surface area contributed by atoms with Crippen LogP contribution in [-0.4, -0.2) is 27.3 Å². The van der Waals surface area contributed by atoms with Gasteiger partial charge in [-0.1, -0.05) is 36.4 Å². The molecule has 0 radical (unpaired) electrons. The van der Waals surface area contributed by atoms with Crippen LogP contribution < -0.4 is 16.4 Å². The van der Waals surface area contributed by atoms with Gasteiger partial charge in [-0.05, 0) is 30.4 Å². The van der Waals surface area contributed by atoms with E-state index in [4.69, 9.17) is 0 Å². The number of hydrogen-bond donors (Lipinski definition) is 2. The molecule has 3 aromatic rings. The van der Waals surface area contributed by atoms with Crippen LogP contribution in [0, 0.1) is 0 Å². The predicted molar refractivity (Wildman–Crippen MR) is 109 cm³/mol. The first-order valence-corrected chi connectivity index (χ1v) is 9.78. The monoisotopic (exact) mass is 396 g/mol. The minimum atomic E-state index is -0.571. The van der Waals surface area contributed by atoms with Crippen LogP contribution in [0.15, 0.2) is 64.3 Å². The number of aromatic nitrogens is 2. The second kappa shape index (κ2) is 9.18. The fourth-order valence-electron chi connectivity index (χ4n) is 2.66. The van der Waals surface area contributed by atoms with Gasteiger partial charge >= 0.3 is 0 Å². The summed E-state index contributed by atoms with van der Waals surface area (Å²) in [7, 11) is 1.48. The molecule has 0 bridgehead atoms. The number of aryl methyl sites for hydroxylation is 1. The highest BCUT2D eigenvalue weighted by atomic mass is 32.2. The van der Waals surface area contributed by atoms with Crippen molar-refractivity contribution in [1.82, 2.24) is 20.6 Å². The molecule has 0 aliphatic rings. The van der Waals surface area contributed by atoms with Gasteiger partial charge in [-0.15, -0.1) is 11.8 Å². The van der Waals surface area contributed by atoms with Crippen LogP contribution in [0.4, 0.5) is 0 Å². The van der Waals surface area contributed by atoms with Crippen LogP contribution in [0.2, 0.25) is 0 Å². The zero-order valence-electron chi connectivity index (χ0n) is 15.3. The number of nitrogens with zero attached hydrogens (tertiary/aromatic N) is 2. The van der Waals surface area contributed by atoms with Gasteiger partial charge in [-0.25, -0.2) is 4.68 Å². The van der Waals surface area contributed by atoms with Gasteiger partial charge in [-0.2, -0.15) is 5.10 Å². The zero-order chi connectivity index (χ0) is 19.9. The third kappa shape index (κ3) is 4.77. The molecule has 2 amide bonds. The van der Waals surface area contributed by atoms with Crippen LogP contribution in [0.25, 0.3) is 10.8 Å². The molecule has 28 heavy (non-hydrogen) atoms. The van der Waals surface area contributed by atoms with E-state index in [-0.39, 0.29) is 17.2 Å². The molecule has 0 fully saturated rings. The van der Waals surface area contributed by atoms with Gasteiger partial charge in [0.15, 0.2) is 5.69 Å². The highest BCUT2D eigenvalue weighted by molar-refractivity contribution is 7.99. The van der Waals surface area contributed by atoms with Crippen molar-refractivity contribution in [2.75, 3.05) is 5.75 Å². The number of fused-ring (bicyclic) bond motifs is 1. The molecule has 0 unspecified atom stereocenters. The van der Waals surface area contributed by atoms with Gasteiger partial charge in [-0.3, -0.25) is 25.2 Å². The Bertz CT molecular complexity index is 1050. The minimum absolute atomic E-state index is 0.0811. The van der Waals surface area contributed by atoms with E-state index in [1.54, 1.807) is 36.0 Å². The Balaban J connectivity index is 1.53. The smallest absolute Gasteiger partial charge is 0.273 e. The van der Waals surface area contributed by atoms with Crippen LogP contribution in [0.5, 0.6) is 0 Å². The summed E-state index contributed by atoms with van der Waals surface area (Å²) in [6.07, 6.45) is 0.976. The first-order valence-electron chi connectivity index (χ1n) is 8.79. The third-order valence-electron chi connectivity index (χ3n) is 4.05. The standard InChI is InChI=1S/C20H20N4O3S/c1-24-20(27)16-11-6-5-10-15(16)18(23-24)19(26)22-21-17(25)12-7-13-28-14-8-3-2-4-9-14/h2-6,8-11H,7,12-13H2,1H3,(H,21,25)(H,22,26). The Morgan fingerprint density at radius 3 is 2.43 bits per heavy atom. The van der Waals surface area contributed by atoms with E-state index in [1.165, 1.54) is 7.05 Å². The van der Waals surface area contributed by atoms with Gasteiger partial charge in [0.25, 0.3) is 11.5 Å². The van der Waals surface area contributed by atoms with E-state index in [0.29, 0.717) is 23.6 Å². The molecular weight excluding hydrogens is 376 g/mol. The molecule has 8 heteroatoms. The molecule has 0 spiro atoms. The van der Waals surface area contributed by atoms with Crippen molar-refractivity contribution in [3.05, 3.63) is 70.6 Å². The number of benzene rings is 2. The molecule has 0 aliphatic heterocycles. The minimum Gasteiger partial charge on any atom is -0.273 e. The van der Waals surface area contributed by atoms with Crippen molar-refractivity contribution in [2.45, 2.75) is 17.7 Å². The Morgan fingerprint density at radius 1 is 1.00 bits per heavy atom. The van der Waals surface area contributed by atoms with E-state index < -0.39 is 5.91 Å². The third-order valence-corrected chi connectivity index (χ3v) is 5.15. The Hall–Kier alpha value is -3.13. The van der Waals surface area contributed by atoms with Crippen molar-refractivity contribution in [1.29, 1.82) is 0 Å². The van der Waals surface area contributed by atoms with Gasteiger partial charge in [0, 0.05) is 23.8 Å². The van der Waals surface area contributed by atoms with Crippen LogP contribution >= 0.6 is 11.8 Å². The maximum absolute atomic E-state index is 12.4. The lowest BCUT2D eigenvalue weighted by atomic mass is 10.1. The molecule has 1 heterocycles. The van der Waals surface area contributed by atoms with E-state index in [1.807, 2.05) is 30.3 Å². The molecule has 3 rings (SSSR count). The van der Waals surface area contributed by atoms with Gasteiger partial charge < -0.3 is 0 Å². The zero-order valence-corrected chi connectivity index (χ0v) is 16.2. The number of rotatable bonds is 6. The quantitative estimate of drug-likeness (QED) is 0.379. The second-order valence-electron chi connectivity index (χ2n) is 6.09. The largest absolute Gasteiger partial charge is 0.290 e. The highest BCUT2D eigenvalue weighted by Gasteiger charge is 2.16. The maximum atomic E-state index is 12.4. The average molecular weight is 396 g/mol. The molecule has 0 saturated heterocycles. The molecule has 7 nitrogen and oxygen atoms in total. The van der Waals surface area contributed by atoms with Crippen molar-refractivity contribution < 1.29 is 9.59 Å². The van der Waals surface area contributed by atoms with Crippen molar-refractivity contribution in [3.8, 4) is 0 Å². The normalized spacial score (nSPS) is 10.6. The molecular formula is C20H20N4O3S. The van der Waals surface area contributed by atoms with Crippen molar-refractivity contribution >= 4 is 34.3 Å². The van der Waals surface area contributed by atoms with E-state index >= 15 is 0 Å². The Morgan fingerprint density at radius 2 is 1.68 bits per heavy atom. The van der Waals surface area contributed by atoms with Crippen LogP contribution in [-0.2, 0) is 11.8 Å². The lowest BCUT2D eigenvalue weighted by Crippen LogP contribution is -2.42. The number of hydrogen-bond acceptors (Lipinski definition) is 5. The summed E-state index contributed by atoms with van der Waals surface area (Å²) in [5.41, 5.74) is 4.57. The van der Waals surface area contributed by atoms with E-state index in [9.17, 15) is 14.4 Å². The lowest BCUT2D eigenvalue weighted by Gasteiger charge is -2.10. The van der Waals surface area contributed by atoms with Crippen LogP contribution in [0.3, 0.4) is 0 Å². The van der Waals surface area contributed by atoms with Gasteiger partial charge in [0.05, 0.1) is 5.39 Å². The Kier molecular flexibility index (Phi) is 6.44. The van der Waals surface area contributed by atoms with E-state index in [2.05, 4.69) is 16.0 Å². The number of hydrazine groups is 1. The first kappa shape index (κ1) is 19.6. The summed E-state index contributed by atoms with van der Waals surface area (Å²) in [4.78, 5) is 37.7.